The largest absolute Gasteiger partial charge is 0.359 e. The van der Waals surface area contributed by atoms with Gasteiger partial charge in [0.25, 0.3) is 0 Å². The lowest BCUT2D eigenvalue weighted by atomic mass is 9.80. The molecule has 1 saturated carbocycles. The van der Waals surface area contributed by atoms with Gasteiger partial charge in [-0.05, 0) is 43.4 Å². The zero-order valence-electron chi connectivity index (χ0n) is 11.6. The maximum atomic E-state index is 5.85. The monoisotopic (exact) mass is 255 g/mol. The van der Waals surface area contributed by atoms with E-state index in [4.69, 9.17) is 10.7 Å². The standard InChI is InChI=1S/C16H21N3/c1-11-7-13-5-3-4-6-15(13)18-16(11)19(2)10-12-8-14(17)9-12/h3-7,12,14H,8-10,17H2,1-2H3. The fourth-order valence-electron chi connectivity index (χ4n) is 3.01. The Bertz CT molecular complexity index is 588. The molecule has 3 rings (SSSR count). The Balaban J connectivity index is 1.84. The first-order valence-electron chi connectivity index (χ1n) is 6.96. The van der Waals surface area contributed by atoms with E-state index < -0.39 is 0 Å². The molecule has 1 fully saturated rings. The zero-order valence-corrected chi connectivity index (χ0v) is 11.6. The van der Waals surface area contributed by atoms with Gasteiger partial charge < -0.3 is 10.6 Å². The van der Waals surface area contributed by atoms with E-state index in [2.05, 4.69) is 43.1 Å². The molecule has 0 aliphatic heterocycles. The Morgan fingerprint density at radius 3 is 2.79 bits per heavy atom. The molecule has 1 aliphatic rings. The van der Waals surface area contributed by atoms with Gasteiger partial charge in [0.05, 0.1) is 5.52 Å². The van der Waals surface area contributed by atoms with Crippen LogP contribution in [0.15, 0.2) is 30.3 Å². The number of aromatic nitrogens is 1. The summed E-state index contributed by atoms with van der Waals surface area (Å²) in [5, 5.41) is 1.21. The minimum Gasteiger partial charge on any atom is -0.359 e. The summed E-state index contributed by atoms with van der Waals surface area (Å²) in [6.07, 6.45) is 2.30. The molecule has 3 heteroatoms. The highest BCUT2D eigenvalue weighted by Gasteiger charge is 2.27. The van der Waals surface area contributed by atoms with Crippen LogP contribution in [0.5, 0.6) is 0 Å². The van der Waals surface area contributed by atoms with Crippen molar-refractivity contribution in [3.63, 3.8) is 0 Å². The van der Waals surface area contributed by atoms with Gasteiger partial charge in [-0.15, -0.1) is 0 Å². The van der Waals surface area contributed by atoms with Gasteiger partial charge in [0, 0.05) is 25.0 Å². The summed E-state index contributed by atoms with van der Waals surface area (Å²) >= 11 is 0. The van der Waals surface area contributed by atoms with E-state index in [0.717, 1.165) is 36.6 Å². The second-order valence-corrected chi connectivity index (χ2v) is 5.80. The van der Waals surface area contributed by atoms with Crippen LogP contribution in [0.1, 0.15) is 18.4 Å². The van der Waals surface area contributed by atoms with Crippen LogP contribution >= 0.6 is 0 Å². The molecule has 0 amide bonds. The second-order valence-electron chi connectivity index (χ2n) is 5.80. The molecule has 0 radical (unpaired) electrons. The van der Waals surface area contributed by atoms with Gasteiger partial charge in [-0.1, -0.05) is 18.2 Å². The van der Waals surface area contributed by atoms with E-state index in [1.165, 1.54) is 10.9 Å². The average molecular weight is 255 g/mol. The van der Waals surface area contributed by atoms with Crippen LogP contribution in [-0.4, -0.2) is 24.6 Å². The summed E-state index contributed by atoms with van der Waals surface area (Å²) in [4.78, 5) is 7.08. The zero-order chi connectivity index (χ0) is 13.4. The number of anilines is 1. The maximum Gasteiger partial charge on any atom is 0.131 e. The second kappa shape index (κ2) is 4.82. The van der Waals surface area contributed by atoms with Crippen LogP contribution < -0.4 is 10.6 Å². The third kappa shape index (κ3) is 2.43. The van der Waals surface area contributed by atoms with Crippen LogP contribution in [0, 0.1) is 12.8 Å². The molecule has 0 unspecified atom stereocenters. The molecule has 2 N–H and O–H groups in total. The van der Waals surface area contributed by atoms with Gasteiger partial charge in [-0.25, -0.2) is 4.98 Å². The van der Waals surface area contributed by atoms with Crippen molar-refractivity contribution >= 4 is 16.7 Å². The first kappa shape index (κ1) is 12.4. The Hall–Kier alpha value is -1.61. The van der Waals surface area contributed by atoms with Crippen LogP contribution in [0.2, 0.25) is 0 Å². The molecule has 2 aromatic rings. The third-order valence-electron chi connectivity index (χ3n) is 4.05. The highest BCUT2D eigenvalue weighted by atomic mass is 15.2. The Labute approximate surface area is 114 Å². The van der Waals surface area contributed by atoms with Crippen molar-refractivity contribution in [2.45, 2.75) is 25.8 Å². The Kier molecular flexibility index (Phi) is 3.15. The summed E-state index contributed by atoms with van der Waals surface area (Å²) < 4.78 is 0. The van der Waals surface area contributed by atoms with Gasteiger partial charge in [-0.2, -0.15) is 0 Å². The minimum atomic E-state index is 0.420. The first-order chi connectivity index (χ1) is 9.13. The van der Waals surface area contributed by atoms with Gasteiger partial charge in [0.1, 0.15) is 5.82 Å². The van der Waals surface area contributed by atoms with Crippen LogP contribution in [-0.2, 0) is 0 Å². The highest BCUT2D eigenvalue weighted by Crippen LogP contribution is 2.29. The number of pyridine rings is 1. The predicted molar refractivity (Wildman–Crippen MR) is 80.4 cm³/mol. The lowest BCUT2D eigenvalue weighted by Gasteiger charge is -2.36. The molecule has 0 spiro atoms. The summed E-state index contributed by atoms with van der Waals surface area (Å²) in [5.41, 5.74) is 8.16. The Morgan fingerprint density at radius 2 is 2.05 bits per heavy atom. The third-order valence-corrected chi connectivity index (χ3v) is 4.05. The average Bonchev–Trinajstić information content (AvgIpc) is 2.36. The fourth-order valence-corrected chi connectivity index (χ4v) is 3.01. The summed E-state index contributed by atoms with van der Waals surface area (Å²) in [7, 11) is 2.13. The summed E-state index contributed by atoms with van der Waals surface area (Å²) in [6.45, 7) is 3.19. The van der Waals surface area contributed by atoms with Crippen LogP contribution in [0.25, 0.3) is 10.9 Å². The number of para-hydroxylation sites is 1. The fraction of sp³-hybridized carbons (Fsp3) is 0.438. The van der Waals surface area contributed by atoms with Crippen molar-refractivity contribution in [3.05, 3.63) is 35.9 Å². The van der Waals surface area contributed by atoms with Crippen molar-refractivity contribution in [2.24, 2.45) is 11.7 Å². The normalized spacial score (nSPS) is 22.3. The Morgan fingerprint density at radius 1 is 1.32 bits per heavy atom. The quantitative estimate of drug-likeness (QED) is 0.917. The SMILES string of the molecule is Cc1cc2ccccc2nc1N(C)CC1CC(N)C1. The molecule has 0 atom stereocenters. The van der Waals surface area contributed by atoms with E-state index in [0.29, 0.717) is 6.04 Å². The van der Waals surface area contributed by atoms with Crippen LogP contribution in [0.4, 0.5) is 5.82 Å². The van der Waals surface area contributed by atoms with Crippen molar-refractivity contribution < 1.29 is 0 Å². The number of fused-ring (bicyclic) bond motifs is 1. The minimum absolute atomic E-state index is 0.420. The molecule has 0 bridgehead atoms. The van der Waals surface area contributed by atoms with Gasteiger partial charge >= 0.3 is 0 Å². The molecule has 3 nitrogen and oxygen atoms in total. The number of hydrogen-bond acceptors (Lipinski definition) is 3. The van der Waals surface area contributed by atoms with E-state index in [1.54, 1.807) is 0 Å². The van der Waals surface area contributed by atoms with Gasteiger partial charge in [0.15, 0.2) is 0 Å². The van der Waals surface area contributed by atoms with Crippen molar-refractivity contribution in [1.82, 2.24) is 4.98 Å². The number of benzene rings is 1. The smallest absolute Gasteiger partial charge is 0.131 e. The van der Waals surface area contributed by atoms with E-state index in [1.807, 2.05) is 6.07 Å². The molecular weight excluding hydrogens is 234 g/mol. The molecule has 19 heavy (non-hydrogen) atoms. The van der Waals surface area contributed by atoms with Crippen molar-refractivity contribution in [2.75, 3.05) is 18.5 Å². The number of hydrogen-bond donors (Lipinski definition) is 1. The molecular formula is C16H21N3. The maximum absolute atomic E-state index is 5.85. The molecule has 1 aromatic carbocycles. The molecule has 1 aliphatic carbocycles. The number of nitrogens with zero attached hydrogens (tertiary/aromatic N) is 2. The predicted octanol–water partition coefficient (Wildman–Crippen LogP) is 2.72. The number of rotatable bonds is 3. The number of nitrogens with two attached hydrogens (primary N) is 1. The topological polar surface area (TPSA) is 42.2 Å². The van der Waals surface area contributed by atoms with E-state index in [-0.39, 0.29) is 0 Å². The van der Waals surface area contributed by atoms with Gasteiger partial charge in [-0.3, -0.25) is 0 Å². The summed E-state index contributed by atoms with van der Waals surface area (Å²) in [6, 6.07) is 10.9. The molecule has 1 heterocycles. The lowest BCUT2D eigenvalue weighted by molar-refractivity contribution is 0.270. The molecule has 1 aromatic heterocycles. The van der Waals surface area contributed by atoms with Gasteiger partial charge in [0.2, 0.25) is 0 Å². The summed E-state index contributed by atoms with van der Waals surface area (Å²) in [5.74, 6) is 1.83. The number of aryl methyl sites for hydroxylation is 1. The highest BCUT2D eigenvalue weighted by molar-refractivity contribution is 5.81. The van der Waals surface area contributed by atoms with E-state index >= 15 is 0 Å². The van der Waals surface area contributed by atoms with Crippen molar-refractivity contribution in [1.29, 1.82) is 0 Å². The van der Waals surface area contributed by atoms with Crippen LogP contribution in [0.3, 0.4) is 0 Å². The van der Waals surface area contributed by atoms with E-state index in [9.17, 15) is 0 Å². The molecule has 0 saturated heterocycles. The molecule has 100 valence electrons. The first-order valence-corrected chi connectivity index (χ1v) is 6.96. The lowest BCUT2D eigenvalue weighted by Crippen LogP contribution is -2.42. The van der Waals surface area contributed by atoms with Crippen molar-refractivity contribution in [3.8, 4) is 0 Å².